The van der Waals surface area contributed by atoms with E-state index in [2.05, 4.69) is 49.5 Å². The molecule has 0 spiro atoms. The fraction of sp³-hybridized carbons (Fsp3) is 0.100. The summed E-state index contributed by atoms with van der Waals surface area (Å²) in [6.07, 6.45) is 0. The summed E-state index contributed by atoms with van der Waals surface area (Å²) in [4.78, 5) is 0. The van der Waals surface area contributed by atoms with E-state index in [1.54, 1.807) is 0 Å². The number of furan rings is 1. The van der Waals surface area contributed by atoms with Crippen LogP contribution < -0.4 is 5.19 Å². The first kappa shape index (κ1) is 14.6. The van der Waals surface area contributed by atoms with E-state index in [9.17, 15) is 0 Å². The third-order valence-corrected chi connectivity index (χ3v) is 5.94. The van der Waals surface area contributed by atoms with E-state index in [4.69, 9.17) is 16.0 Å². The van der Waals surface area contributed by atoms with Crippen molar-refractivity contribution in [3.8, 4) is 11.1 Å². The van der Waals surface area contributed by atoms with Crippen LogP contribution in [-0.2, 0) is 0 Å². The first-order valence-electron chi connectivity index (χ1n) is 7.66. The molecule has 4 aromatic rings. The minimum Gasteiger partial charge on any atom is -0.456 e. The van der Waals surface area contributed by atoms with Crippen LogP contribution >= 0.6 is 11.6 Å². The molecule has 0 bridgehead atoms. The van der Waals surface area contributed by atoms with Gasteiger partial charge in [0.05, 0.1) is 8.80 Å². The van der Waals surface area contributed by atoms with E-state index >= 15 is 0 Å². The summed E-state index contributed by atoms with van der Waals surface area (Å²) in [5, 5.41) is 4.52. The number of para-hydroxylation sites is 1. The van der Waals surface area contributed by atoms with Gasteiger partial charge in [0.1, 0.15) is 11.2 Å². The van der Waals surface area contributed by atoms with E-state index in [1.807, 2.05) is 24.3 Å². The van der Waals surface area contributed by atoms with Gasteiger partial charge in [0.25, 0.3) is 0 Å². The van der Waals surface area contributed by atoms with Crippen molar-refractivity contribution in [2.24, 2.45) is 0 Å². The Morgan fingerprint density at radius 2 is 1.61 bits per heavy atom. The van der Waals surface area contributed by atoms with E-state index in [0.717, 1.165) is 16.2 Å². The Morgan fingerprint density at radius 3 is 2.43 bits per heavy atom. The molecule has 0 aliphatic heterocycles. The lowest BCUT2D eigenvalue weighted by Gasteiger charge is -2.13. The third-order valence-electron chi connectivity index (χ3n) is 4.21. The molecule has 0 N–H and O–H groups in total. The molecule has 23 heavy (non-hydrogen) atoms. The molecule has 0 aliphatic rings. The zero-order chi connectivity index (χ0) is 16.0. The zero-order valence-corrected chi connectivity index (χ0v) is 14.8. The van der Waals surface area contributed by atoms with Gasteiger partial charge in [0.2, 0.25) is 0 Å². The van der Waals surface area contributed by atoms with Crippen LogP contribution in [0.1, 0.15) is 0 Å². The quantitative estimate of drug-likeness (QED) is 0.418. The Bertz CT molecular complexity index is 1020. The van der Waals surface area contributed by atoms with Gasteiger partial charge in [0.15, 0.2) is 0 Å². The molecule has 1 radical (unpaired) electrons. The fourth-order valence-electron chi connectivity index (χ4n) is 3.16. The van der Waals surface area contributed by atoms with Gasteiger partial charge in [-0.15, -0.1) is 0 Å². The number of fused-ring (bicyclic) bond motifs is 3. The van der Waals surface area contributed by atoms with E-state index in [1.165, 1.54) is 27.1 Å². The topological polar surface area (TPSA) is 13.1 Å². The highest BCUT2D eigenvalue weighted by Crippen LogP contribution is 2.36. The molecule has 0 aliphatic carbocycles. The summed E-state index contributed by atoms with van der Waals surface area (Å²) in [7, 11) is -0.630. The Morgan fingerprint density at radius 1 is 0.826 bits per heavy atom. The number of hydrogen-bond donors (Lipinski definition) is 0. The molecular formula is C20H16ClOSi. The van der Waals surface area contributed by atoms with Gasteiger partial charge >= 0.3 is 0 Å². The summed E-state index contributed by atoms with van der Waals surface area (Å²) >= 11 is 6.24. The molecular weight excluding hydrogens is 320 g/mol. The maximum absolute atomic E-state index is 6.24. The summed E-state index contributed by atoms with van der Waals surface area (Å²) < 4.78 is 6.02. The molecule has 0 saturated carbocycles. The second-order valence-electron chi connectivity index (χ2n) is 5.97. The van der Waals surface area contributed by atoms with Crippen LogP contribution in [0.15, 0.2) is 65.1 Å². The Hall–Kier alpha value is -2.03. The van der Waals surface area contributed by atoms with E-state index in [-0.39, 0.29) is 0 Å². The van der Waals surface area contributed by atoms with Crippen molar-refractivity contribution >= 4 is 47.5 Å². The van der Waals surface area contributed by atoms with Crippen molar-refractivity contribution in [3.63, 3.8) is 0 Å². The first-order valence-corrected chi connectivity index (χ1v) is 10.5. The van der Waals surface area contributed by atoms with Crippen LogP contribution in [0.5, 0.6) is 0 Å². The summed E-state index contributed by atoms with van der Waals surface area (Å²) in [6, 6.07) is 20.8. The smallest absolute Gasteiger partial charge is 0.136 e. The average molecular weight is 336 g/mol. The zero-order valence-electron chi connectivity index (χ0n) is 13.1. The summed E-state index contributed by atoms with van der Waals surface area (Å²) in [6.45, 7) is 4.60. The van der Waals surface area contributed by atoms with Gasteiger partial charge in [-0.1, -0.05) is 66.3 Å². The lowest BCUT2D eigenvalue weighted by molar-refractivity contribution is 0.669. The van der Waals surface area contributed by atoms with Crippen LogP contribution in [0.25, 0.3) is 33.1 Å². The van der Waals surface area contributed by atoms with Gasteiger partial charge < -0.3 is 4.42 Å². The molecule has 3 aromatic carbocycles. The molecule has 1 nitrogen and oxygen atoms in total. The maximum Gasteiger partial charge on any atom is 0.136 e. The summed E-state index contributed by atoms with van der Waals surface area (Å²) in [5.74, 6) is 0. The van der Waals surface area contributed by atoms with Gasteiger partial charge in [-0.3, -0.25) is 0 Å². The lowest BCUT2D eigenvalue weighted by atomic mass is 9.99. The van der Waals surface area contributed by atoms with Crippen LogP contribution in [-0.4, -0.2) is 8.80 Å². The molecule has 1 heterocycles. The molecule has 113 valence electrons. The Labute approximate surface area is 142 Å². The molecule has 0 unspecified atom stereocenters. The molecule has 0 fully saturated rings. The van der Waals surface area contributed by atoms with E-state index in [0.29, 0.717) is 0 Å². The van der Waals surface area contributed by atoms with Crippen LogP contribution in [0.2, 0.25) is 18.1 Å². The largest absolute Gasteiger partial charge is 0.456 e. The van der Waals surface area contributed by atoms with Crippen molar-refractivity contribution in [2.45, 2.75) is 13.1 Å². The molecule has 0 atom stereocenters. The van der Waals surface area contributed by atoms with Crippen LogP contribution in [0.4, 0.5) is 0 Å². The Balaban J connectivity index is 2.11. The van der Waals surface area contributed by atoms with E-state index < -0.39 is 8.80 Å². The lowest BCUT2D eigenvalue weighted by Crippen LogP contribution is -2.24. The predicted octanol–water partition coefficient (Wildman–Crippen LogP) is 5.87. The highest BCUT2D eigenvalue weighted by molar-refractivity contribution is 6.72. The molecule has 3 heteroatoms. The van der Waals surface area contributed by atoms with Crippen LogP contribution in [0.3, 0.4) is 0 Å². The van der Waals surface area contributed by atoms with Gasteiger partial charge in [0, 0.05) is 15.8 Å². The second-order valence-corrected chi connectivity index (χ2v) is 8.94. The van der Waals surface area contributed by atoms with Crippen molar-refractivity contribution in [3.05, 3.63) is 65.7 Å². The number of benzene rings is 3. The molecule has 4 rings (SSSR count). The fourth-order valence-corrected chi connectivity index (χ4v) is 4.63. The second kappa shape index (κ2) is 5.55. The van der Waals surface area contributed by atoms with Crippen molar-refractivity contribution in [2.75, 3.05) is 0 Å². The van der Waals surface area contributed by atoms with Gasteiger partial charge in [-0.05, 0) is 35.4 Å². The molecule has 0 amide bonds. The van der Waals surface area contributed by atoms with Crippen molar-refractivity contribution < 1.29 is 4.42 Å². The predicted molar refractivity (Wildman–Crippen MR) is 101 cm³/mol. The van der Waals surface area contributed by atoms with Gasteiger partial charge in [-0.2, -0.15) is 0 Å². The highest BCUT2D eigenvalue weighted by Gasteiger charge is 2.16. The average Bonchev–Trinajstić information content (AvgIpc) is 2.93. The molecule has 1 aromatic heterocycles. The maximum atomic E-state index is 6.24. The Kier molecular flexibility index (Phi) is 3.51. The summed E-state index contributed by atoms with van der Waals surface area (Å²) in [5.41, 5.74) is 4.37. The minimum atomic E-state index is -0.630. The third kappa shape index (κ3) is 2.39. The molecule has 0 saturated heterocycles. The minimum absolute atomic E-state index is 0.630. The number of halogens is 1. The highest BCUT2D eigenvalue weighted by atomic mass is 35.5. The standard InChI is InChI=1S/C20H16ClOSi/c1-23(2)19-12-13(21)10-11-14(19)15-7-5-9-18-20(15)16-6-3-4-8-17(16)22-18/h3-12H,1-2H3. The normalized spacial score (nSPS) is 11.7. The van der Waals surface area contributed by atoms with Crippen molar-refractivity contribution in [1.29, 1.82) is 0 Å². The van der Waals surface area contributed by atoms with Gasteiger partial charge in [-0.25, -0.2) is 0 Å². The number of hydrogen-bond acceptors (Lipinski definition) is 1. The first-order chi connectivity index (χ1) is 11.1. The van der Waals surface area contributed by atoms with Crippen LogP contribution in [0, 0.1) is 0 Å². The monoisotopic (exact) mass is 335 g/mol. The van der Waals surface area contributed by atoms with Crippen molar-refractivity contribution in [1.82, 2.24) is 0 Å². The SMILES string of the molecule is C[Si](C)c1cc(Cl)ccc1-c1cccc2oc3ccccc3c12. The number of rotatable bonds is 2.